The fourth-order valence-electron chi connectivity index (χ4n) is 2.34. The van der Waals surface area contributed by atoms with Gasteiger partial charge in [0, 0.05) is 9.50 Å². The van der Waals surface area contributed by atoms with E-state index in [4.69, 9.17) is 0 Å². The molecule has 0 nitrogen and oxygen atoms in total. The van der Waals surface area contributed by atoms with Gasteiger partial charge in [0.2, 0.25) is 0 Å². The van der Waals surface area contributed by atoms with Crippen molar-refractivity contribution in [3.8, 4) is 0 Å². The van der Waals surface area contributed by atoms with Gasteiger partial charge in [-0.15, -0.1) is 11.3 Å². The molecule has 16 heavy (non-hydrogen) atoms. The summed E-state index contributed by atoms with van der Waals surface area (Å²) in [7, 11) is -0.104. The minimum atomic E-state index is -0.104. The van der Waals surface area contributed by atoms with Gasteiger partial charge >= 0.3 is 0 Å². The van der Waals surface area contributed by atoms with Gasteiger partial charge in [-0.3, -0.25) is 0 Å². The van der Waals surface area contributed by atoms with E-state index in [1.807, 2.05) is 11.3 Å². The summed E-state index contributed by atoms with van der Waals surface area (Å²) in [6.45, 7) is 16.5. The average molecular weight is 256 g/mol. The van der Waals surface area contributed by atoms with Gasteiger partial charge in [-0.2, -0.15) is 0 Å². The maximum absolute atomic E-state index is 2.38. The van der Waals surface area contributed by atoms with Crippen molar-refractivity contribution >= 4 is 23.9 Å². The van der Waals surface area contributed by atoms with Crippen molar-refractivity contribution in [1.82, 2.24) is 0 Å². The zero-order valence-electron chi connectivity index (χ0n) is 11.7. The molecular formula is C14H25PS. The minimum Gasteiger partial charge on any atom is -0.141 e. The number of aryl methyl sites for hydroxylation is 1. The topological polar surface area (TPSA) is 0 Å². The SMILES string of the molecule is CCc1ccc(P(C(C)(C)C)C(C)(C)C)s1. The van der Waals surface area contributed by atoms with Crippen LogP contribution in [-0.4, -0.2) is 10.3 Å². The van der Waals surface area contributed by atoms with E-state index in [1.54, 1.807) is 4.62 Å². The Bertz CT molecular complexity index is 324. The summed E-state index contributed by atoms with van der Waals surface area (Å²) in [5, 5.41) is 0.785. The van der Waals surface area contributed by atoms with Gasteiger partial charge in [0.1, 0.15) is 0 Å². The molecule has 0 aliphatic heterocycles. The van der Waals surface area contributed by atoms with Gasteiger partial charge in [-0.1, -0.05) is 56.4 Å². The summed E-state index contributed by atoms with van der Waals surface area (Å²) < 4.78 is 1.62. The Morgan fingerprint density at radius 3 is 1.81 bits per heavy atom. The highest BCUT2D eigenvalue weighted by molar-refractivity contribution is 7.74. The summed E-state index contributed by atoms with van der Waals surface area (Å²) in [5.41, 5.74) is 0. The summed E-state index contributed by atoms with van der Waals surface area (Å²) >= 11 is 2.02. The van der Waals surface area contributed by atoms with Gasteiger partial charge in [0.05, 0.1) is 0 Å². The minimum absolute atomic E-state index is 0.104. The highest BCUT2D eigenvalue weighted by Crippen LogP contribution is 2.59. The molecule has 0 radical (unpaired) electrons. The van der Waals surface area contributed by atoms with Gasteiger partial charge in [0.25, 0.3) is 0 Å². The fourth-order valence-corrected chi connectivity index (χ4v) is 8.95. The van der Waals surface area contributed by atoms with E-state index in [2.05, 4.69) is 60.6 Å². The van der Waals surface area contributed by atoms with Crippen LogP contribution < -0.4 is 4.62 Å². The Balaban J connectivity index is 3.12. The quantitative estimate of drug-likeness (QED) is 0.652. The summed E-state index contributed by atoms with van der Waals surface area (Å²) in [6.07, 6.45) is 1.17. The molecule has 1 aromatic rings. The predicted molar refractivity (Wildman–Crippen MR) is 79.8 cm³/mol. The molecule has 1 heterocycles. The standard InChI is InChI=1S/C14H25PS/c1-8-11-9-10-12(16-11)15(13(2,3)4)14(5,6)7/h9-10H,8H2,1-7H3. The van der Waals surface area contributed by atoms with Crippen molar-refractivity contribution in [2.24, 2.45) is 0 Å². The zero-order valence-corrected chi connectivity index (χ0v) is 13.4. The summed E-state index contributed by atoms with van der Waals surface area (Å²) in [4.78, 5) is 1.52. The Hall–Kier alpha value is 0.130. The summed E-state index contributed by atoms with van der Waals surface area (Å²) in [6, 6.07) is 4.68. The van der Waals surface area contributed by atoms with Crippen molar-refractivity contribution in [2.75, 3.05) is 0 Å². The van der Waals surface area contributed by atoms with E-state index in [0.29, 0.717) is 10.3 Å². The molecule has 0 bridgehead atoms. The normalized spacial score (nSPS) is 13.5. The number of hydrogen-bond acceptors (Lipinski definition) is 1. The molecule has 0 atom stereocenters. The third-order valence-corrected chi connectivity index (χ3v) is 7.68. The largest absolute Gasteiger partial charge is 0.141 e. The number of thiophene rings is 1. The summed E-state index contributed by atoms with van der Waals surface area (Å²) in [5.74, 6) is 0. The first-order chi connectivity index (χ1) is 7.16. The van der Waals surface area contributed by atoms with Gasteiger partial charge in [0.15, 0.2) is 0 Å². The van der Waals surface area contributed by atoms with Crippen LogP contribution in [-0.2, 0) is 6.42 Å². The first-order valence-corrected chi connectivity index (χ1v) is 8.21. The van der Waals surface area contributed by atoms with Crippen LogP contribution in [0.25, 0.3) is 0 Å². The third-order valence-electron chi connectivity index (χ3n) is 2.56. The van der Waals surface area contributed by atoms with Crippen LogP contribution in [0.2, 0.25) is 0 Å². The van der Waals surface area contributed by atoms with E-state index in [1.165, 1.54) is 11.3 Å². The molecule has 92 valence electrons. The highest BCUT2D eigenvalue weighted by atomic mass is 32.1. The monoisotopic (exact) mass is 256 g/mol. The molecular weight excluding hydrogens is 231 g/mol. The zero-order chi connectivity index (χ0) is 12.6. The Labute approximate surface area is 106 Å². The van der Waals surface area contributed by atoms with Crippen LogP contribution in [0.1, 0.15) is 53.3 Å². The van der Waals surface area contributed by atoms with Crippen molar-refractivity contribution in [2.45, 2.75) is 65.2 Å². The molecule has 1 aromatic heterocycles. The van der Waals surface area contributed by atoms with E-state index >= 15 is 0 Å². The van der Waals surface area contributed by atoms with Gasteiger partial charge in [-0.25, -0.2) is 0 Å². The second-order valence-electron chi connectivity index (χ2n) is 6.27. The molecule has 0 spiro atoms. The van der Waals surface area contributed by atoms with E-state index < -0.39 is 0 Å². The van der Waals surface area contributed by atoms with Crippen LogP contribution in [0, 0.1) is 0 Å². The Kier molecular flexibility index (Phi) is 4.24. The lowest BCUT2D eigenvalue weighted by Crippen LogP contribution is -2.29. The van der Waals surface area contributed by atoms with Gasteiger partial charge < -0.3 is 0 Å². The number of hydrogen-bond donors (Lipinski definition) is 0. The molecule has 0 unspecified atom stereocenters. The van der Waals surface area contributed by atoms with Crippen LogP contribution in [0.15, 0.2) is 12.1 Å². The molecule has 0 saturated carbocycles. The van der Waals surface area contributed by atoms with E-state index in [-0.39, 0.29) is 7.92 Å². The predicted octanol–water partition coefficient (Wildman–Crippen LogP) is 5.01. The maximum atomic E-state index is 2.38. The van der Waals surface area contributed by atoms with Crippen molar-refractivity contribution in [3.63, 3.8) is 0 Å². The number of rotatable bonds is 2. The first-order valence-electron chi connectivity index (χ1n) is 6.05. The lowest BCUT2D eigenvalue weighted by Gasteiger charge is -2.40. The Morgan fingerprint density at radius 1 is 1.00 bits per heavy atom. The second-order valence-corrected chi connectivity index (χ2v) is 11.6. The lowest BCUT2D eigenvalue weighted by molar-refractivity contribution is 0.715. The van der Waals surface area contributed by atoms with E-state index in [0.717, 1.165) is 0 Å². The van der Waals surface area contributed by atoms with E-state index in [9.17, 15) is 0 Å². The Morgan fingerprint density at radius 2 is 1.50 bits per heavy atom. The first kappa shape index (κ1) is 14.2. The molecule has 0 aliphatic carbocycles. The lowest BCUT2D eigenvalue weighted by atomic mass is 10.2. The fraction of sp³-hybridized carbons (Fsp3) is 0.714. The van der Waals surface area contributed by atoms with Gasteiger partial charge in [-0.05, 0) is 28.9 Å². The molecule has 1 rings (SSSR count). The molecule has 0 aliphatic rings. The highest BCUT2D eigenvalue weighted by Gasteiger charge is 2.36. The van der Waals surface area contributed by atoms with Crippen LogP contribution >= 0.6 is 19.3 Å². The smallest absolute Gasteiger partial charge is 0.0291 e. The van der Waals surface area contributed by atoms with Crippen molar-refractivity contribution in [1.29, 1.82) is 0 Å². The van der Waals surface area contributed by atoms with Crippen molar-refractivity contribution in [3.05, 3.63) is 17.0 Å². The van der Waals surface area contributed by atoms with Crippen LogP contribution in [0.5, 0.6) is 0 Å². The third kappa shape index (κ3) is 3.31. The van der Waals surface area contributed by atoms with Crippen molar-refractivity contribution < 1.29 is 0 Å². The average Bonchev–Trinajstić information content (AvgIpc) is 2.47. The molecule has 0 fully saturated rings. The van der Waals surface area contributed by atoms with Crippen LogP contribution in [0.4, 0.5) is 0 Å². The molecule has 0 aromatic carbocycles. The molecule has 2 heteroatoms. The molecule has 0 N–H and O–H groups in total. The molecule has 0 saturated heterocycles. The maximum Gasteiger partial charge on any atom is 0.0291 e. The van der Waals surface area contributed by atoms with Crippen LogP contribution in [0.3, 0.4) is 0 Å². The molecule has 0 amide bonds. The second kappa shape index (κ2) is 4.78.